The van der Waals surface area contributed by atoms with Gasteiger partial charge in [-0.1, -0.05) is 6.92 Å². The van der Waals surface area contributed by atoms with Gasteiger partial charge in [0.15, 0.2) is 4.77 Å². The Hall–Kier alpha value is -1.60. The molecule has 3 rings (SSSR count). The molecular weight excluding hydrogens is 242 g/mol. The summed E-state index contributed by atoms with van der Waals surface area (Å²) in [5, 5.41) is 9.01. The van der Waals surface area contributed by atoms with Crippen LogP contribution in [0.2, 0.25) is 0 Å². The van der Waals surface area contributed by atoms with Crippen LogP contribution >= 0.6 is 12.2 Å². The normalized spacial score (nSPS) is 23.3. The molecule has 2 atom stereocenters. The molecule has 0 saturated heterocycles. The van der Waals surface area contributed by atoms with E-state index in [0.29, 0.717) is 11.6 Å². The first-order chi connectivity index (χ1) is 8.69. The van der Waals surface area contributed by atoms with Crippen molar-refractivity contribution in [1.29, 1.82) is 5.26 Å². The highest BCUT2D eigenvalue weighted by Gasteiger charge is 2.24. The van der Waals surface area contributed by atoms with Crippen molar-refractivity contribution in [2.24, 2.45) is 5.92 Å². The lowest BCUT2D eigenvalue weighted by molar-refractivity contribution is 0.500. The molecule has 0 radical (unpaired) electrons. The highest BCUT2D eigenvalue weighted by Crippen LogP contribution is 2.36. The van der Waals surface area contributed by atoms with E-state index in [4.69, 9.17) is 17.5 Å². The Balaban J connectivity index is 2.18. The third kappa shape index (κ3) is 1.75. The second-order valence-electron chi connectivity index (χ2n) is 5.22. The molecule has 1 aromatic carbocycles. The predicted octanol–water partition coefficient (Wildman–Crippen LogP) is 3.93. The summed E-state index contributed by atoms with van der Waals surface area (Å²) in [5.74, 6) is 0.765. The van der Waals surface area contributed by atoms with Gasteiger partial charge >= 0.3 is 0 Å². The maximum atomic E-state index is 9.01. The molecule has 1 saturated carbocycles. The van der Waals surface area contributed by atoms with Gasteiger partial charge in [-0.3, -0.25) is 0 Å². The molecule has 92 valence electrons. The summed E-state index contributed by atoms with van der Waals surface area (Å²) >= 11 is 5.43. The highest BCUT2D eigenvalue weighted by atomic mass is 32.1. The van der Waals surface area contributed by atoms with Crippen LogP contribution < -0.4 is 0 Å². The van der Waals surface area contributed by atoms with E-state index >= 15 is 0 Å². The number of nitrogens with one attached hydrogen (secondary N) is 1. The molecule has 1 N–H and O–H groups in total. The van der Waals surface area contributed by atoms with E-state index in [1.807, 2.05) is 18.2 Å². The quantitative estimate of drug-likeness (QED) is 0.787. The monoisotopic (exact) mass is 257 g/mol. The molecule has 1 aliphatic rings. The Morgan fingerprint density at radius 1 is 1.44 bits per heavy atom. The Morgan fingerprint density at radius 2 is 2.28 bits per heavy atom. The molecule has 0 aliphatic heterocycles. The van der Waals surface area contributed by atoms with Crippen LogP contribution in [0.15, 0.2) is 18.2 Å². The van der Waals surface area contributed by atoms with Gasteiger partial charge in [0.2, 0.25) is 0 Å². The van der Waals surface area contributed by atoms with Crippen LogP contribution in [0, 0.1) is 22.0 Å². The lowest BCUT2D eigenvalue weighted by atomic mass is 10.1. The Labute approximate surface area is 111 Å². The second-order valence-corrected chi connectivity index (χ2v) is 5.60. The van der Waals surface area contributed by atoms with Crippen molar-refractivity contribution < 1.29 is 0 Å². The molecule has 4 heteroatoms. The summed E-state index contributed by atoms with van der Waals surface area (Å²) in [5.41, 5.74) is 2.79. The van der Waals surface area contributed by atoms with Crippen molar-refractivity contribution in [2.75, 3.05) is 0 Å². The molecule has 1 fully saturated rings. The van der Waals surface area contributed by atoms with E-state index in [1.165, 1.54) is 19.3 Å². The average molecular weight is 257 g/mol. The number of hydrogen-bond donors (Lipinski definition) is 1. The van der Waals surface area contributed by atoms with Crippen molar-refractivity contribution in [1.82, 2.24) is 9.55 Å². The largest absolute Gasteiger partial charge is 0.331 e. The highest BCUT2D eigenvalue weighted by molar-refractivity contribution is 7.71. The van der Waals surface area contributed by atoms with Gasteiger partial charge in [0, 0.05) is 6.04 Å². The van der Waals surface area contributed by atoms with Crippen LogP contribution in [-0.2, 0) is 0 Å². The zero-order valence-corrected chi connectivity index (χ0v) is 11.1. The van der Waals surface area contributed by atoms with Gasteiger partial charge in [-0.05, 0) is 55.6 Å². The van der Waals surface area contributed by atoms with Gasteiger partial charge in [0.1, 0.15) is 0 Å². The smallest absolute Gasteiger partial charge is 0.178 e. The molecule has 2 aromatic rings. The number of nitriles is 1. The topological polar surface area (TPSA) is 44.5 Å². The van der Waals surface area contributed by atoms with Crippen LogP contribution in [0.4, 0.5) is 0 Å². The van der Waals surface area contributed by atoms with Gasteiger partial charge in [-0.25, -0.2) is 0 Å². The fourth-order valence-corrected chi connectivity index (χ4v) is 3.32. The lowest BCUT2D eigenvalue weighted by Crippen LogP contribution is -2.05. The second kappa shape index (κ2) is 4.25. The van der Waals surface area contributed by atoms with Crippen molar-refractivity contribution in [3.05, 3.63) is 28.5 Å². The average Bonchev–Trinajstić information content (AvgIpc) is 2.90. The first-order valence-electron chi connectivity index (χ1n) is 6.33. The van der Waals surface area contributed by atoms with E-state index in [0.717, 1.165) is 21.7 Å². The summed E-state index contributed by atoms with van der Waals surface area (Å²) in [6, 6.07) is 8.38. The molecule has 1 aromatic heterocycles. The van der Waals surface area contributed by atoms with Gasteiger partial charge < -0.3 is 9.55 Å². The van der Waals surface area contributed by atoms with Crippen LogP contribution in [0.1, 0.15) is 37.8 Å². The zero-order chi connectivity index (χ0) is 12.7. The van der Waals surface area contributed by atoms with Crippen molar-refractivity contribution in [3.8, 4) is 6.07 Å². The number of imidazole rings is 1. The first kappa shape index (κ1) is 11.5. The van der Waals surface area contributed by atoms with E-state index < -0.39 is 0 Å². The standard InChI is InChI=1S/C14H15N3S/c1-9-2-4-11(6-9)17-13-7-10(8-15)3-5-12(13)16-14(17)18/h3,5,7,9,11H,2,4,6H2,1H3,(H,16,18). The summed E-state index contributed by atoms with van der Waals surface area (Å²) in [7, 11) is 0. The number of rotatable bonds is 1. The molecule has 1 heterocycles. The molecule has 2 unspecified atom stereocenters. The minimum atomic E-state index is 0.482. The molecular formula is C14H15N3S. The van der Waals surface area contributed by atoms with E-state index in [2.05, 4.69) is 22.5 Å². The van der Waals surface area contributed by atoms with E-state index in [1.54, 1.807) is 0 Å². The number of fused-ring (bicyclic) bond motifs is 1. The third-order valence-corrected chi connectivity index (χ3v) is 4.18. The summed E-state index contributed by atoms with van der Waals surface area (Å²) in [6.45, 7) is 2.29. The van der Waals surface area contributed by atoms with Crippen LogP contribution in [0.5, 0.6) is 0 Å². The number of nitrogens with zero attached hydrogens (tertiary/aromatic N) is 2. The molecule has 1 aliphatic carbocycles. The van der Waals surface area contributed by atoms with E-state index in [-0.39, 0.29) is 0 Å². The Kier molecular flexibility index (Phi) is 2.71. The number of aromatic nitrogens is 2. The molecule has 0 amide bonds. The maximum absolute atomic E-state index is 9.01. The van der Waals surface area contributed by atoms with Crippen molar-refractivity contribution in [3.63, 3.8) is 0 Å². The fraction of sp³-hybridized carbons (Fsp3) is 0.429. The molecule has 18 heavy (non-hydrogen) atoms. The number of hydrogen-bond acceptors (Lipinski definition) is 2. The molecule has 0 bridgehead atoms. The van der Waals surface area contributed by atoms with Crippen LogP contribution in [0.25, 0.3) is 11.0 Å². The third-order valence-electron chi connectivity index (χ3n) is 3.88. The number of H-pyrrole nitrogens is 1. The minimum Gasteiger partial charge on any atom is -0.331 e. The maximum Gasteiger partial charge on any atom is 0.178 e. The Bertz CT molecular complexity index is 689. The van der Waals surface area contributed by atoms with Crippen LogP contribution in [0.3, 0.4) is 0 Å². The zero-order valence-electron chi connectivity index (χ0n) is 10.3. The van der Waals surface area contributed by atoms with Crippen molar-refractivity contribution >= 4 is 23.3 Å². The predicted molar refractivity (Wildman–Crippen MR) is 73.9 cm³/mol. The minimum absolute atomic E-state index is 0.482. The summed E-state index contributed by atoms with van der Waals surface area (Å²) < 4.78 is 2.98. The van der Waals surface area contributed by atoms with Gasteiger partial charge in [-0.15, -0.1) is 0 Å². The number of benzene rings is 1. The van der Waals surface area contributed by atoms with Gasteiger partial charge in [0.25, 0.3) is 0 Å². The summed E-state index contributed by atoms with van der Waals surface area (Å²) in [6.07, 6.45) is 3.62. The fourth-order valence-electron chi connectivity index (χ4n) is 2.97. The Morgan fingerprint density at radius 3 is 2.94 bits per heavy atom. The molecule has 0 spiro atoms. The van der Waals surface area contributed by atoms with Crippen LogP contribution in [-0.4, -0.2) is 9.55 Å². The van der Waals surface area contributed by atoms with Gasteiger partial charge in [-0.2, -0.15) is 5.26 Å². The molecule has 3 nitrogen and oxygen atoms in total. The lowest BCUT2D eigenvalue weighted by Gasteiger charge is -2.13. The van der Waals surface area contributed by atoms with Crippen molar-refractivity contribution in [2.45, 2.75) is 32.2 Å². The SMILES string of the molecule is CC1CCC(n2c(=S)[nH]c3ccc(C#N)cc32)C1. The van der Waals surface area contributed by atoms with E-state index in [9.17, 15) is 0 Å². The number of aromatic amines is 1. The summed E-state index contributed by atoms with van der Waals surface area (Å²) in [4.78, 5) is 3.24. The first-order valence-corrected chi connectivity index (χ1v) is 6.74. The van der Waals surface area contributed by atoms with Gasteiger partial charge in [0.05, 0.1) is 22.7 Å².